The second-order valence-corrected chi connectivity index (χ2v) is 9.09. The van der Waals surface area contributed by atoms with Gasteiger partial charge in [0.1, 0.15) is 5.60 Å². The molecule has 0 saturated carbocycles. The van der Waals surface area contributed by atoms with Crippen LogP contribution in [0.15, 0.2) is 0 Å². The maximum Gasteiger partial charge on any atom is 0.410 e. The fourth-order valence-corrected chi connectivity index (χ4v) is 4.09. The number of rotatable bonds is 7. The number of hydrogen-bond acceptors (Lipinski definition) is 6. The molecule has 162 valence electrons. The van der Waals surface area contributed by atoms with Gasteiger partial charge < -0.3 is 19.9 Å². The largest absolute Gasteiger partial charge is 0.444 e. The maximum atomic E-state index is 12.3. The predicted octanol–water partition coefficient (Wildman–Crippen LogP) is 3.41. The summed E-state index contributed by atoms with van der Waals surface area (Å²) in [6.07, 6.45) is 1.47. The zero-order chi connectivity index (χ0) is 21.6. The number of nitrogens with one attached hydrogen (secondary N) is 1. The number of amides is 3. The van der Waals surface area contributed by atoms with Gasteiger partial charge in [0.15, 0.2) is 5.13 Å². The lowest BCUT2D eigenvalue weighted by atomic mass is 10.2. The van der Waals surface area contributed by atoms with Gasteiger partial charge in [-0.15, -0.1) is 0 Å². The minimum absolute atomic E-state index is 0.0785. The SMILES string of the molecule is CCN(CC)C(=O)CCCC(=O)Nc1nc2c(s1)CN(C(=O)OC(C)(C)C)CC2. The Bertz CT molecular complexity index is 737. The summed E-state index contributed by atoms with van der Waals surface area (Å²) in [6, 6.07) is 0. The first-order valence-electron chi connectivity index (χ1n) is 10.2. The molecule has 1 aliphatic rings. The Morgan fingerprint density at radius 1 is 1.21 bits per heavy atom. The maximum absolute atomic E-state index is 12.3. The average molecular weight is 425 g/mol. The van der Waals surface area contributed by atoms with Crippen molar-refractivity contribution in [2.75, 3.05) is 25.0 Å². The van der Waals surface area contributed by atoms with E-state index in [1.165, 1.54) is 11.3 Å². The summed E-state index contributed by atoms with van der Waals surface area (Å²) in [5, 5.41) is 3.36. The van der Waals surface area contributed by atoms with E-state index in [0.717, 1.165) is 10.6 Å². The molecule has 2 heterocycles. The van der Waals surface area contributed by atoms with E-state index in [0.29, 0.717) is 50.6 Å². The smallest absolute Gasteiger partial charge is 0.410 e. The van der Waals surface area contributed by atoms with Crippen molar-refractivity contribution < 1.29 is 19.1 Å². The lowest BCUT2D eigenvalue weighted by Gasteiger charge is -2.29. The second-order valence-electron chi connectivity index (χ2n) is 8.01. The van der Waals surface area contributed by atoms with Crippen LogP contribution in [-0.2, 0) is 27.3 Å². The minimum atomic E-state index is -0.531. The van der Waals surface area contributed by atoms with Gasteiger partial charge in [-0.1, -0.05) is 11.3 Å². The molecular formula is C20H32N4O4S. The first kappa shape index (κ1) is 23.1. The van der Waals surface area contributed by atoms with Crippen molar-refractivity contribution in [3.63, 3.8) is 0 Å². The van der Waals surface area contributed by atoms with Crippen LogP contribution in [0.1, 0.15) is 64.5 Å². The van der Waals surface area contributed by atoms with E-state index >= 15 is 0 Å². The third-order valence-electron chi connectivity index (χ3n) is 4.54. The van der Waals surface area contributed by atoms with Gasteiger partial charge in [0, 0.05) is 43.8 Å². The summed E-state index contributed by atoms with van der Waals surface area (Å²) >= 11 is 1.39. The Morgan fingerprint density at radius 2 is 1.90 bits per heavy atom. The van der Waals surface area contributed by atoms with E-state index in [2.05, 4.69) is 10.3 Å². The normalized spacial score (nSPS) is 13.6. The molecule has 0 aliphatic carbocycles. The highest BCUT2D eigenvalue weighted by atomic mass is 32.1. The Balaban J connectivity index is 1.83. The van der Waals surface area contributed by atoms with Crippen LogP contribution in [0.3, 0.4) is 0 Å². The molecule has 0 atom stereocenters. The Labute approximate surface area is 176 Å². The molecular weight excluding hydrogens is 392 g/mol. The van der Waals surface area contributed by atoms with Crippen LogP contribution >= 0.6 is 11.3 Å². The van der Waals surface area contributed by atoms with Gasteiger partial charge in [-0.2, -0.15) is 0 Å². The molecule has 0 unspecified atom stereocenters. The van der Waals surface area contributed by atoms with E-state index in [4.69, 9.17) is 4.74 Å². The monoisotopic (exact) mass is 424 g/mol. The van der Waals surface area contributed by atoms with Gasteiger partial charge >= 0.3 is 6.09 Å². The predicted molar refractivity (Wildman–Crippen MR) is 113 cm³/mol. The van der Waals surface area contributed by atoms with E-state index in [-0.39, 0.29) is 24.3 Å². The fraction of sp³-hybridized carbons (Fsp3) is 0.700. The van der Waals surface area contributed by atoms with Gasteiger partial charge in [0.05, 0.1) is 12.2 Å². The molecule has 1 aliphatic heterocycles. The number of fused-ring (bicyclic) bond motifs is 1. The molecule has 0 bridgehead atoms. The highest BCUT2D eigenvalue weighted by Crippen LogP contribution is 2.29. The number of aromatic nitrogens is 1. The number of anilines is 1. The number of nitrogens with zero attached hydrogens (tertiary/aromatic N) is 3. The number of carbonyl (C=O) groups excluding carboxylic acids is 3. The molecule has 1 aromatic rings. The molecule has 8 nitrogen and oxygen atoms in total. The van der Waals surface area contributed by atoms with Gasteiger partial charge in [-0.25, -0.2) is 9.78 Å². The lowest BCUT2D eigenvalue weighted by Crippen LogP contribution is -2.39. The quantitative estimate of drug-likeness (QED) is 0.724. The van der Waals surface area contributed by atoms with Crippen LogP contribution in [0.5, 0.6) is 0 Å². The Hall–Kier alpha value is -2.16. The van der Waals surface area contributed by atoms with Crippen molar-refractivity contribution >= 4 is 34.4 Å². The van der Waals surface area contributed by atoms with Crippen LogP contribution in [0.2, 0.25) is 0 Å². The van der Waals surface area contributed by atoms with Crippen molar-refractivity contribution in [1.82, 2.24) is 14.8 Å². The molecule has 0 radical (unpaired) electrons. The van der Waals surface area contributed by atoms with Crippen LogP contribution in [0.25, 0.3) is 0 Å². The van der Waals surface area contributed by atoms with Gasteiger partial charge in [-0.05, 0) is 41.0 Å². The Kier molecular flexibility index (Phi) is 8.01. The van der Waals surface area contributed by atoms with Gasteiger partial charge in [0.25, 0.3) is 0 Å². The van der Waals surface area contributed by atoms with Gasteiger partial charge in [-0.3, -0.25) is 9.59 Å². The van der Waals surface area contributed by atoms with Crippen LogP contribution in [0, 0.1) is 0 Å². The topological polar surface area (TPSA) is 91.8 Å². The van der Waals surface area contributed by atoms with Crippen molar-refractivity contribution in [3.05, 3.63) is 10.6 Å². The highest BCUT2D eigenvalue weighted by molar-refractivity contribution is 7.15. The minimum Gasteiger partial charge on any atom is -0.444 e. The summed E-state index contributed by atoms with van der Waals surface area (Å²) in [4.78, 5) is 45.3. The van der Waals surface area contributed by atoms with Crippen molar-refractivity contribution in [3.8, 4) is 0 Å². The number of hydrogen-bond donors (Lipinski definition) is 1. The van der Waals surface area contributed by atoms with E-state index < -0.39 is 5.60 Å². The number of thiazole rings is 1. The number of carbonyl (C=O) groups is 3. The summed E-state index contributed by atoms with van der Waals surface area (Å²) in [7, 11) is 0. The summed E-state index contributed by atoms with van der Waals surface area (Å²) in [6.45, 7) is 11.8. The molecule has 9 heteroatoms. The van der Waals surface area contributed by atoms with Crippen LogP contribution in [-0.4, -0.2) is 57.9 Å². The van der Waals surface area contributed by atoms with Crippen molar-refractivity contribution in [2.45, 2.75) is 72.4 Å². The van der Waals surface area contributed by atoms with Crippen molar-refractivity contribution in [1.29, 1.82) is 0 Å². The number of ether oxygens (including phenoxy) is 1. The first-order chi connectivity index (χ1) is 13.6. The summed E-state index contributed by atoms with van der Waals surface area (Å²) in [5.74, 6) is -0.0674. The molecule has 0 spiro atoms. The van der Waals surface area contributed by atoms with Crippen LogP contribution in [0.4, 0.5) is 9.93 Å². The first-order valence-corrected chi connectivity index (χ1v) is 11.0. The lowest BCUT2D eigenvalue weighted by molar-refractivity contribution is -0.131. The second kappa shape index (κ2) is 10.0. The average Bonchev–Trinajstić information content (AvgIpc) is 3.02. The van der Waals surface area contributed by atoms with E-state index in [1.54, 1.807) is 9.80 Å². The zero-order valence-electron chi connectivity index (χ0n) is 18.0. The van der Waals surface area contributed by atoms with Crippen molar-refractivity contribution in [2.24, 2.45) is 0 Å². The molecule has 0 aromatic carbocycles. The highest BCUT2D eigenvalue weighted by Gasteiger charge is 2.28. The molecule has 0 saturated heterocycles. The molecule has 1 N–H and O–H groups in total. The molecule has 3 amide bonds. The third kappa shape index (κ3) is 6.99. The summed E-state index contributed by atoms with van der Waals surface area (Å²) in [5.41, 5.74) is 0.387. The third-order valence-corrected chi connectivity index (χ3v) is 5.54. The molecule has 2 rings (SSSR count). The van der Waals surface area contributed by atoms with E-state index in [1.807, 2.05) is 34.6 Å². The Morgan fingerprint density at radius 3 is 2.52 bits per heavy atom. The summed E-state index contributed by atoms with van der Waals surface area (Å²) < 4.78 is 5.43. The molecule has 1 aromatic heterocycles. The van der Waals surface area contributed by atoms with E-state index in [9.17, 15) is 14.4 Å². The molecule has 29 heavy (non-hydrogen) atoms. The van der Waals surface area contributed by atoms with Gasteiger partial charge in [0.2, 0.25) is 11.8 Å². The fourth-order valence-electron chi connectivity index (χ4n) is 3.05. The van der Waals surface area contributed by atoms with Crippen LogP contribution < -0.4 is 5.32 Å². The standard InChI is InChI=1S/C20H32N4O4S/c1-6-23(7-2)17(26)10-8-9-16(25)22-18-21-14-11-12-24(13-15(14)29-18)19(27)28-20(3,4)5/h6-13H2,1-5H3,(H,21,22,25). The molecule has 0 fully saturated rings. The zero-order valence-corrected chi connectivity index (χ0v) is 18.9.